The van der Waals surface area contributed by atoms with Gasteiger partial charge in [0.05, 0.1) is 13.0 Å². The van der Waals surface area contributed by atoms with Crippen LogP contribution in [0.25, 0.3) is 0 Å². The van der Waals surface area contributed by atoms with Crippen LogP contribution in [-0.4, -0.2) is 17.6 Å². The van der Waals surface area contributed by atoms with Crippen molar-refractivity contribution in [2.45, 2.75) is 25.9 Å². The van der Waals surface area contributed by atoms with Gasteiger partial charge in [-0.1, -0.05) is 15.9 Å². The van der Waals surface area contributed by atoms with Gasteiger partial charge in [-0.2, -0.15) is 13.2 Å². The topological polar surface area (TPSA) is 39.2 Å². The van der Waals surface area contributed by atoms with Crippen molar-refractivity contribution in [2.24, 2.45) is 0 Å². The molecule has 112 valence electrons. The van der Waals surface area contributed by atoms with E-state index in [-0.39, 0.29) is 16.6 Å². The Balaban J connectivity index is 3.27. The molecule has 0 aliphatic rings. The first kappa shape index (κ1) is 16.8. The third-order valence-electron chi connectivity index (χ3n) is 2.23. The van der Waals surface area contributed by atoms with Gasteiger partial charge < -0.3 is 4.74 Å². The summed E-state index contributed by atoms with van der Waals surface area (Å²) in [5, 5.41) is 0. The number of pyridine rings is 1. The van der Waals surface area contributed by atoms with E-state index >= 15 is 0 Å². The first-order valence-electron chi connectivity index (χ1n) is 5.37. The van der Waals surface area contributed by atoms with Crippen LogP contribution in [0.5, 0.6) is 0 Å². The molecule has 0 saturated heterocycles. The van der Waals surface area contributed by atoms with Crippen LogP contribution in [0.2, 0.25) is 0 Å². The number of ether oxygens (including phenoxy) is 1. The largest absolute Gasteiger partial charge is 0.466 e. The molecule has 0 spiro atoms. The zero-order chi connectivity index (χ0) is 15.5. The number of hydrogen-bond donors (Lipinski definition) is 0. The molecule has 20 heavy (non-hydrogen) atoms. The number of carbonyl (C=O) groups is 1. The number of carbonyl (C=O) groups excluding carboxylic acids is 1. The van der Waals surface area contributed by atoms with E-state index in [4.69, 9.17) is 0 Å². The van der Waals surface area contributed by atoms with E-state index in [0.717, 1.165) is 0 Å². The van der Waals surface area contributed by atoms with Crippen molar-refractivity contribution in [2.75, 3.05) is 6.61 Å². The van der Waals surface area contributed by atoms with Gasteiger partial charge in [0.15, 0.2) is 0 Å². The smallest absolute Gasteiger partial charge is 0.433 e. The first-order valence-corrected chi connectivity index (χ1v) is 6.16. The van der Waals surface area contributed by atoms with E-state index in [9.17, 15) is 26.7 Å². The highest BCUT2D eigenvalue weighted by Crippen LogP contribution is 2.35. The van der Waals surface area contributed by atoms with E-state index in [0.29, 0.717) is 6.07 Å². The molecule has 1 rings (SSSR count). The molecule has 0 saturated carbocycles. The van der Waals surface area contributed by atoms with Gasteiger partial charge in [0, 0.05) is 10.0 Å². The SMILES string of the molecule is CCOC(=O)Cc1c(Br)cc(C(F)(F)F)nc1C(F)F. The lowest BCUT2D eigenvalue weighted by atomic mass is 10.1. The predicted octanol–water partition coefficient (Wildman–Crippen LogP) is 3.91. The standard InChI is InChI=1S/C11H9BrF5NO2/c1-2-20-8(19)3-5-6(12)4-7(11(15,16)17)18-9(5)10(13)14/h4,10H,2-3H2,1H3. The van der Waals surface area contributed by atoms with E-state index in [1.165, 1.54) is 6.92 Å². The fraction of sp³-hybridized carbons (Fsp3) is 0.455. The Labute approximate surface area is 119 Å². The summed E-state index contributed by atoms with van der Waals surface area (Å²) in [5.74, 6) is -0.823. The van der Waals surface area contributed by atoms with Gasteiger partial charge in [-0.05, 0) is 13.0 Å². The monoisotopic (exact) mass is 361 g/mol. The summed E-state index contributed by atoms with van der Waals surface area (Å²) in [7, 11) is 0. The minimum absolute atomic E-state index is 0.0362. The number of nitrogens with zero attached hydrogens (tertiary/aromatic N) is 1. The van der Waals surface area contributed by atoms with E-state index in [1.807, 2.05) is 0 Å². The second kappa shape index (κ2) is 6.47. The molecular formula is C11H9BrF5NO2. The third kappa shape index (κ3) is 4.12. The molecule has 0 N–H and O–H groups in total. The molecule has 0 aromatic carbocycles. The number of alkyl halides is 5. The predicted molar refractivity (Wildman–Crippen MR) is 62.2 cm³/mol. The number of rotatable bonds is 4. The molecule has 9 heteroatoms. The van der Waals surface area contributed by atoms with Gasteiger partial charge in [0.1, 0.15) is 11.4 Å². The Morgan fingerprint density at radius 2 is 2.05 bits per heavy atom. The summed E-state index contributed by atoms with van der Waals surface area (Å²) in [5.41, 5.74) is -2.85. The first-order chi connectivity index (χ1) is 9.16. The Morgan fingerprint density at radius 1 is 1.45 bits per heavy atom. The lowest BCUT2D eigenvalue weighted by molar-refractivity contribution is -0.142. The van der Waals surface area contributed by atoms with E-state index in [1.54, 1.807) is 0 Å². The van der Waals surface area contributed by atoms with Crippen molar-refractivity contribution in [3.8, 4) is 0 Å². The van der Waals surface area contributed by atoms with Gasteiger partial charge >= 0.3 is 12.1 Å². The zero-order valence-electron chi connectivity index (χ0n) is 10.1. The van der Waals surface area contributed by atoms with Crippen LogP contribution in [0, 0.1) is 0 Å². The summed E-state index contributed by atoms with van der Waals surface area (Å²) in [6, 6.07) is 0.556. The molecular weight excluding hydrogens is 353 g/mol. The molecule has 0 amide bonds. The maximum atomic E-state index is 12.8. The summed E-state index contributed by atoms with van der Waals surface area (Å²) in [4.78, 5) is 14.2. The highest BCUT2D eigenvalue weighted by Gasteiger charge is 2.35. The van der Waals surface area contributed by atoms with E-state index < -0.39 is 36.4 Å². The molecule has 1 heterocycles. The van der Waals surface area contributed by atoms with Gasteiger partial charge in [0.2, 0.25) is 0 Å². The molecule has 0 fully saturated rings. The molecule has 0 unspecified atom stereocenters. The van der Waals surface area contributed by atoms with Crippen molar-refractivity contribution in [1.82, 2.24) is 4.98 Å². The second-order valence-electron chi connectivity index (χ2n) is 3.63. The molecule has 0 bridgehead atoms. The van der Waals surface area contributed by atoms with Gasteiger partial charge in [0.25, 0.3) is 6.43 Å². The quantitative estimate of drug-likeness (QED) is 0.602. The summed E-state index contributed by atoms with van der Waals surface area (Å²) < 4.78 is 67.5. The summed E-state index contributed by atoms with van der Waals surface area (Å²) in [6.07, 6.45) is -8.67. The highest BCUT2D eigenvalue weighted by atomic mass is 79.9. The molecule has 0 aliphatic heterocycles. The van der Waals surface area contributed by atoms with Crippen LogP contribution in [0.1, 0.15) is 30.3 Å². The van der Waals surface area contributed by atoms with Crippen LogP contribution in [0.15, 0.2) is 10.5 Å². The van der Waals surface area contributed by atoms with Crippen LogP contribution in [-0.2, 0) is 22.1 Å². The maximum Gasteiger partial charge on any atom is 0.433 e. The van der Waals surface area contributed by atoms with Crippen molar-refractivity contribution >= 4 is 21.9 Å². The molecule has 0 aliphatic carbocycles. The number of hydrogen-bond acceptors (Lipinski definition) is 3. The molecule has 1 aromatic heterocycles. The van der Waals surface area contributed by atoms with Crippen LogP contribution < -0.4 is 0 Å². The fourth-order valence-corrected chi connectivity index (χ4v) is 1.98. The van der Waals surface area contributed by atoms with Crippen molar-refractivity contribution in [1.29, 1.82) is 0 Å². The minimum atomic E-state index is -4.85. The highest BCUT2D eigenvalue weighted by molar-refractivity contribution is 9.10. The molecule has 1 aromatic rings. The Kier molecular flexibility index (Phi) is 5.43. The van der Waals surface area contributed by atoms with Gasteiger partial charge in [-0.3, -0.25) is 4.79 Å². The maximum absolute atomic E-state index is 12.8. The van der Waals surface area contributed by atoms with Crippen molar-refractivity contribution in [3.05, 3.63) is 27.5 Å². The Morgan fingerprint density at radius 3 is 2.50 bits per heavy atom. The Bertz CT molecular complexity index is 504. The van der Waals surface area contributed by atoms with Gasteiger partial charge in [-0.25, -0.2) is 13.8 Å². The minimum Gasteiger partial charge on any atom is -0.466 e. The van der Waals surface area contributed by atoms with Gasteiger partial charge in [-0.15, -0.1) is 0 Å². The summed E-state index contributed by atoms with van der Waals surface area (Å²) in [6.45, 7) is 1.56. The average Bonchev–Trinajstić information content (AvgIpc) is 2.30. The van der Waals surface area contributed by atoms with Crippen molar-refractivity contribution < 1.29 is 31.5 Å². The fourth-order valence-electron chi connectivity index (χ4n) is 1.42. The number of halogens is 6. The lowest BCUT2D eigenvalue weighted by Gasteiger charge is -2.14. The van der Waals surface area contributed by atoms with Crippen LogP contribution in [0.4, 0.5) is 22.0 Å². The normalized spacial score (nSPS) is 11.8. The zero-order valence-corrected chi connectivity index (χ0v) is 11.7. The lowest BCUT2D eigenvalue weighted by Crippen LogP contribution is -2.15. The number of aromatic nitrogens is 1. The molecule has 0 radical (unpaired) electrons. The average molecular weight is 362 g/mol. The second-order valence-corrected chi connectivity index (χ2v) is 4.49. The van der Waals surface area contributed by atoms with Crippen LogP contribution in [0.3, 0.4) is 0 Å². The molecule has 3 nitrogen and oxygen atoms in total. The Hall–Kier alpha value is -1.25. The van der Waals surface area contributed by atoms with Crippen LogP contribution >= 0.6 is 15.9 Å². The third-order valence-corrected chi connectivity index (χ3v) is 2.93. The van der Waals surface area contributed by atoms with Crippen molar-refractivity contribution in [3.63, 3.8) is 0 Å². The van der Waals surface area contributed by atoms with E-state index in [2.05, 4.69) is 25.7 Å². The molecule has 0 atom stereocenters. The summed E-state index contributed by atoms with van der Waals surface area (Å²) >= 11 is 2.76. The number of esters is 1.